The van der Waals surface area contributed by atoms with Crippen LogP contribution in [0, 0.1) is 17.8 Å². The lowest BCUT2D eigenvalue weighted by atomic mass is 9.65. The molecule has 8 nitrogen and oxygen atoms in total. The van der Waals surface area contributed by atoms with Crippen molar-refractivity contribution in [2.75, 3.05) is 19.8 Å². The molecule has 2 unspecified atom stereocenters. The maximum absolute atomic E-state index is 14.5. The number of fused-ring (bicyclic) bond motifs is 1. The number of aliphatic hydroxyl groups is 1. The van der Waals surface area contributed by atoms with E-state index in [-0.39, 0.29) is 30.9 Å². The topological polar surface area (TPSA) is 96.4 Å². The van der Waals surface area contributed by atoms with E-state index in [0.29, 0.717) is 32.2 Å². The average molecular weight is 533 g/mol. The van der Waals surface area contributed by atoms with Crippen LogP contribution in [-0.2, 0) is 23.9 Å². The van der Waals surface area contributed by atoms with E-state index in [9.17, 15) is 19.5 Å². The smallest absolute Gasteiger partial charge is 0.312 e. The zero-order valence-corrected chi connectivity index (χ0v) is 24.2. The van der Waals surface area contributed by atoms with Gasteiger partial charge in [-0.15, -0.1) is 13.2 Å². The van der Waals surface area contributed by atoms with E-state index in [1.165, 1.54) is 0 Å². The van der Waals surface area contributed by atoms with E-state index >= 15 is 0 Å². The van der Waals surface area contributed by atoms with Gasteiger partial charge in [0, 0.05) is 12.1 Å². The maximum atomic E-state index is 14.5. The second kappa shape index (κ2) is 11.5. The highest BCUT2D eigenvalue weighted by Crippen LogP contribution is 2.65. The van der Waals surface area contributed by atoms with Crippen molar-refractivity contribution in [3.8, 4) is 0 Å². The molecule has 8 heteroatoms. The third kappa shape index (κ3) is 4.83. The van der Waals surface area contributed by atoms with Crippen LogP contribution in [-0.4, -0.2) is 81.3 Å². The summed E-state index contributed by atoms with van der Waals surface area (Å²) in [4.78, 5) is 45.8. The average Bonchev–Trinajstić information content (AvgIpc) is 3.48. The zero-order valence-electron chi connectivity index (χ0n) is 24.2. The number of amides is 2. The summed E-state index contributed by atoms with van der Waals surface area (Å²) in [5.74, 6) is -2.65. The van der Waals surface area contributed by atoms with Gasteiger partial charge in [-0.25, -0.2) is 0 Å². The van der Waals surface area contributed by atoms with Crippen LogP contribution < -0.4 is 0 Å². The van der Waals surface area contributed by atoms with Gasteiger partial charge in [-0.3, -0.25) is 14.4 Å². The first-order valence-corrected chi connectivity index (χ1v) is 14.2. The number of hydrogen-bond donors (Lipinski definition) is 1. The van der Waals surface area contributed by atoms with Crippen molar-refractivity contribution in [1.82, 2.24) is 9.80 Å². The van der Waals surface area contributed by atoms with Crippen LogP contribution in [0.2, 0.25) is 0 Å². The molecular weight excluding hydrogens is 484 g/mol. The summed E-state index contributed by atoms with van der Waals surface area (Å²) < 4.78 is 12.5. The summed E-state index contributed by atoms with van der Waals surface area (Å²) in [5, 5.41) is 10.5. The third-order valence-electron chi connectivity index (χ3n) is 9.14. The van der Waals surface area contributed by atoms with Gasteiger partial charge in [0.2, 0.25) is 11.8 Å². The molecule has 3 rings (SSSR count). The van der Waals surface area contributed by atoms with E-state index in [1.807, 2.05) is 41.5 Å². The molecule has 38 heavy (non-hydrogen) atoms. The number of rotatable bonds is 13. The molecule has 1 N–H and O–H groups in total. The van der Waals surface area contributed by atoms with Gasteiger partial charge in [0.1, 0.15) is 17.6 Å². The fourth-order valence-corrected chi connectivity index (χ4v) is 6.93. The van der Waals surface area contributed by atoms with Crippen molar-refractivity contribution < 1.29 is 29.0 Å². The van der Waals surface area contributed by atoms with E-state index in [4.69, 9.17) is 9.47 Å². The Kier molecular flexibility index (Phi) is 9.19. The number of esters is 1. The molecule has 7 atom stereocenters. The predicted octanol–water partition coefficient (Wildman–Crippen LogP) is 3.87. The zero-order chi connectivity index (χ0) is 28.5. The summed E-state index contributed by atoms with van der Waals surface area (Å²) in [6, 6.07) is -1.52. The minimum Gasteiger partial charge on any atom is -0.465 e. The van der Waals surface area contributed by atoms with Gasteiger partial charge in [0.25, 0.3) is 0 Å². The van der Waals surface area contributed by atoms with Crippen LogP contribution in [0.25, 0.3) is 0 Å². The molecule has 2 amide bonds. The SMILES string of the molecule is C=CCCCOC(=O)[C@H]1[C@H]2C(=O)N([C@@H](CO)[C@@H](C)CC)C(C(=O)N(CC=C)C(C)(C)C)C23CC[C@]1(CC)O3. The van der Waals surface area contributed by atoms with Gasteiger partial charge in [0.15, 0.2) is 0 Å². The molecule has 0 aromatic rings. The number of allylic oxidation sites excluding steroid dienone is 1. The van der Waals surface area contributed by atoms with E-state index < -0.39 is 46.6 Å². The number of ether oxygens (including phenoxy) is 2. The monoisotopic (exact) mass is 532 g/mol. The first-order chi connectivity index (χ1) is 17.9. The van der Waals surface area contributed by atoms with Crippen molar-refractivity contribution in [2.45, 2.75) is 109 Å². The van der Waals surface area contributed by atoms with E-state index in [2.05, 4.69) is 13.2 Å². The highest BCUT2D eigenvalue weighted by molar-refractivity contribution is 5.99. The first kappa shape index (κ1) is 30.4. The number of likely N-dealkylation sites (tertiary alicyclic amines) is 1. The highest BCUT2D eigenvalue weighted by Gasteiger charge is 2.79. The van der Waals surface area contributed by atoms with Gasteiger partial charge in [-0.05, 0) is 58.8 Å². The van der Waals surface area contributed by atoms with Crippen molar-refractivity contribution in [2.24, 2.45) is 17.8 Å². The van der Waals surface area contributed by atoms with Gasteiger partial charge >= 0.3 is 5.97 Å². The van der Waals surface area contributed by atoms with Gasteiger partial charge in [0.05, 0.1) is 30.8 Å². The lowest BCUT2D eigenvalue weighted by Crippen LogP contribution is -2.62. The Morgan fingerprint density at radius 3 is 2.47 bits per heavy atom. The fraction of sp³-hybridized carbons (Fsp3) is 0.767. The Labute approximate surface area is 228 Å². The second-order valence-electron chi connectivity index (χ2n) is 12.2. The Morgan fingerprint density at radius 1 is 1.26 bits per heavy atom. The van der Waals surface area contributed by atoms with Crippen molar-refractivity contribution in [1.29, 1.82) is 0 Å². The summed E-state index contributed by atoms with van der Waals surface area (Å²) in [6.07, 6.45) is 7.16. The molecule has 0 aromatic carbocycles. The van der Waals surface area contributed by atoms with Crippen LogP contribution in [0.3, 0.4) is 0 Å². The number of unbranched alkanes of at least 4 members (excludes halogenated alkanes) is 1. The maximum Gasteiger partial charge on any atom is 0.312 e. The summed E-state index contributed by atoms with van der Waals surface area (Å²) in [7, 11) is 0. The minimum absolute atomic E-state index is 0.0568. The molecule has 3 aliphatic heterocycles. The molecule has 3 saturated heterocycles. The molecule has 0 aliphatic carbocycles. The highest BCUT2D eigenvalue weighted by atomic mass is 16.6. The molecule has 214 valence electrons. The van der Waals surface area contributed by atoms with Crippen molar-refractivity contribution in [3.63, 3.8) is 0 Å². The Morgan fingerprint density at radius 2 is 1.95 bits per heavy atom. The van der Waals surface area contributed by atoms with E-state index in [0.717, 1.165) is 12.8 Å². The van der Waals surface area contributed by atoms with Crippen LogP contribution >= 0.6 is 0 Å². The standard InChI is InChI=1S/C30H48N2O6/c1-9-13-14-18-37-27(36)23-22-25(34)32(21(19-33)20(5)11-3)24(26(35)31(17-10-2)28(6,7)8)30(22)16-15-29(23,12-4)38-30/h9-10,20-24,33H,1-2,11-19H2,3-8H3/t20-,21-,22-,23+,24?,29-,30?/m0/s1. The molecule has 0 saturated carbocycles. The molecule has 3 fully saturated rings. The second-order valence-corrected chi connectivity index (χ2v) is 12.2. The lowest BCUT2D eigenvalue weighted by Gasteiger charge is -2.44. The number of aliphatic hydroxyl groups excluding tert-OH is 1. The lowest BCUT2D eigenvalue weighted by molar-refractivity contribution is -0.165. The van der Waals surface area contributed by atoms with Crippen molar-refractivity contribution in [3.05, 3.63) is 25.3 Å². The molecule has 3 aliphatic rings. The molecule has 2 bridgehead atoms. The van der Waals surface area contributed by atoms with Gasteiger partial charge < -0.3 is 24.4 Å². The minimum atomic E-state index is -1.15. The quantitative estimate of drug-likeness (QED) is 0.220. The number of nitrogens with zero attached hydrogens (tertiary/aromatic N) is 2. The first-order valence-electron chi connectivity index (χ1n) is 14.2. The van der Waals surface area contributed by atoms with E-state index in [1.54, 1.807) is 22.0 Å². The number of carbonyl (C=O) groups excluding carboxylic acids is 3. The number of carbonyl (C=O) groups is 3. The van der Waals surface area contributed by atoms with Gasteiger partial charge in [-0.1, -0.05) is 39.3 Å². The normalized spacial score (nSPS) is 31.6. The Bertz CT molecular complexity index is 928. The molecule has 3 heterocycles. The Hall–Kier alpha value is -2.19. The van der Waals surface area contributed by atoms with Crippen LogP contribution in [0.5, 0.6) is 0 Å². The summed E-state index contributed by atoms with van der Waals surface area (Å²) >= 11 is 0. The van der Waals surface area contributed by atoms with Crippen molar-refractivity contribution >= 4 is 17.8 Å². The van der Waals surface area contributed by atoms with Crippen LogP contribution in [0.1, 0.15) is 80.1 Å². The molecular formula is C30H48N2O6. The molecule has 0 radical (unpaired) electrons. The third-order valence-corrected chi connectivity index (χ3v) is 9.14. The van der Waals surface area contributed by atoms with Crippen LogP contribution in [0.4, 0.5) is 0 Å². The van der Waals surface area contributed by atoms with Crippen LogP contribution in [0.15, 0.2) is 25.3 Å². The number of hydrogen-bond acceptors (Lipinski definition) is 6. The molecule has 1 spiro atoms. The summed E-state index contributed by atoms with van der Waals surface area (Å²) in [5.41, 5.74) is -2.54. The predicted molar refractivity (Wildman–Crippen MR) is 146 cm³/mol. The Balaban J connectivity index is 2.14. The largest absolute Gasteiger partial charge is 0.465 e. The molecule has 0 aromatic heterocycles. The summed E-state index contributed by atoms with van der Waals surface area (Å²) in [6.45, 7) is 19.6. The fourth-order valence-electron chi connectivity index (χ4n) is 6.93. The van der Waals surface area contributed by atoms with Gasteiger partial charge in [-0.2, -0.15) is 0 Å².